The number of aliphatic hydroxyl groups is 1. The molecule has 0 aliphatic carbocycles. The molecule has 1 aromatic carbocycles. The summed E-state index contributed by atoms with van der Waals surface area (Å²) in [4.78, 5) is 18.9. The van der Waals surface area contributed by atoms with E-state index in [9.17, 15) is 9.90 Å². The maximum absolute atomic E-state index is 12.4. The Labute approximate surface area is 145 Å². The van der Waals surface area contributed by atoms with Gasteiger partial charge in [-0.05, 0) is 44.9 Å². The molecular weight excluding hydrogens is 330 g/mol. The van der Waals surface area contributed by atoms with Crippen LogP contribution in [0.2, 0.25) is 5.02 Å². The third-order valence-corrected chi connectivity index (χ3v) is 4.49. The number of hydrogen-bond acceptors (Lipinski definition) is 5. The Kier molecular flexibility index (Phi) is 4.69. The van der Waals surface area contributed by atoms with E-state index in [1.165, 1.54) is 0 Å². The molecular formula is C17H22ClN3O3. The van der Waals surface area contributed by atoms with Crippen LogP contribution in [0.3, 0.4) is 0 Å². The van der Waals surface area contributed by atoms with Crippen molar-refractivity contribution < 1.29 is 14.3 Å². The molecule has 2 heterocycles. The number of aliphatic hydroxyl groups excluding tert-OH is 1. The van der Waals surface area contributed by atoms with Crippen LogP contribution in [0.15, 0.2) is 22.6 Å². The van der Waals surface area contributed by atoms with Gasteiger partial charge >= 0.3 is 0 Å². The lowest BCUT2D eigenvalue weighted by Gasteiger charge is -2.33. The number of carbonyl (C=O) groups excluding carboxylic acids is 1. The molecule has 0 bridgehead atoms. The minimum Gasteiger partial charge on any atom is -0.423 e. The lowest BCUT2D eigenvalue weighted by Crippen LogP contribution is -2.51. The summed E-state index contributed by atoms with van der Waals surface area (Å²) in [5, 5.41) is 12.8. The molecule has 0 spiro atoms. The number of nitrogens with zero attached hydrogens (tertiary/aromatic N) is 2. The molecule has 130 valence electrons. The molecule has 1 atom stereocenters. The summed E-state index contributed by atoms with van der Waals surface area (Å²) < 4.78 is 5.80. The van der Waals surface area contributed by atoms with Crippen LogP contribution in [0, 0.1) is 5.92 Å². The highest BCUT2D eigenvalue weighted by molar-refractivity contribution is 6.31. The summed E-state index contributed by atoms with van der Waals surface area (Å²) in [5.41, 5.74) is 0.779. The fourth-order valence-electron chi connectivity index (χ4n) is 2.86. The summed E-state index contributed by atoms with van der Waals surface area (Å²) >= 11 is 5.99. The molecule has 24 heavy (non-hydrogen) atoms. The largest absolute Gasteiger partial charge is 0.423 e. The van der Waals surface area contributed by atoms with E-state index in [1.54, 1.807) is 32.0 Å². The Hall–Kier alpha value is -1.79. The van der Waals surface area contributed by atoms with E-state index < -0.39 is 5.54 Å². The van der Waals surface area contributed by atoms with Gasteiger partial charge in [-0.25, -0.2) is 0 Å². The zero-order chi connectivity index (χ0) is 17.3. The number of anilines is 1. The normalized spacial score (nSPS) is 18.8. The highest BCUT2D eigenvalue weighted by atomic mass is 35.5. The van der Waals surface area contributed by atoms with Crippen LogP contribution in [-0.2, 0) is 4.79 Å². The van der Waals surface area contributed by atoms with Gasteiger partial charge in [-0.15, -0.1) is 0 Å². The summed E-state index contributed by atoms with van der Waals surface area (Å²) in [6.07, 6.45) is 1.70. The van der Waals surface area contributed by atoms with Gasteiger partial charge in [0, 0.05) is 18.1 Å². The average molecular weight is 352 g/mol. The Balaban J connectivity index is 1.73. The average Bonchev–Trinajstić information content (AvgIpc) is 2.97. The van der Waals surface area contributed by atoms with Gasteiger partial charge in [0.2, 0.25) is 5.91 Å². The van der Waals surface area contributed by atoms with Gasteiger partial charge in [-0.3, -0.25) is 4.79 Å². The van der Waals surface area contributed by atoms with Crippen molar-refractivity contribution in [3.63, 3.8) is 0 Å². The predicted octanol–water partition coefficient (Wildman–Crippen LogP) is 2.58. The number of nitrogens with one attached hydrogen (secondary N) is 1. The van der Waals surface area contributed by atoms with Crippen molar-refractivity contribution in [2.45, 2.75) is 32.2 Å². The second kappa shape index (κ2) is 6.61. The van der Waals surface area contributed by atoms with Crippen molar-refractivity contribution in [2.24, 2.45) is 5.92 Å². The fraction of sp³-hybridized carbons (Fsp3) is 0.529. The lowest BCUT2D eigenvalue weighted by atomic mass is 9.95. The minimum atomic E-state index is -0.617. The van der Waals surface area contributed by atoms with E-state index in [-0.39, 0.29) is 18.4 Å². The number of rotatable bonds is 4. The first-order chi connectivity index (χ1) is 11.4. The predicted molar refractivity (Wildman–Crippen MR) is 93.3 cm³/mol. The zero-order valence-electron chi connectivity index (χ0n) is 13.9. The van der Waals surface area contributed by atoms with Crippen LogP contribution in [0.5, 0.6) is 0 Å². The minimum absolute atomic E-state index is 0.0436. The Morgan fingerprint density at radius 3 is 3.08 bits per heavy atom. The second-order valence-corrected chi connectivity index (χ2v) is 7.36. The maximum atomic E-state index is 12.4. The van der Waals surface area contributed by atoms with E-state index in [0.29, 0.717) is 28.7 Å². The first kappa shape index (κ1) is 17.0. The van der Waals surface area contributed by atoms with Crippen LogP contribution in [0.4, 0.5) is 6.01 Å². The number of fused-ring (bicyclic) bond motifs is 1. The Bertz CT molecular complexity index is 744. The highest BCUT2D eigenvalue weighted by Crippen LogP contribution is 2.28. The van der Waals surface area contributed by atoms with Gasteiger partial charge in [0.25, 0.3) is 6.01 Å². The van der Waals surface area contributed by atoms with Crippen molar-refractivity contribution in [1.82, 2.24) is 10.3 Å². The van der Waals surface area contributed by atoms with Gasteiger partial charge in [-0.1, -0.05) is 11.6 Å². The smallest absolute Gasteiger partial charge is 0.298 e. The van der Waals surface area contributed by atoms with Gasteiger partial charge in [0.05, 0.1) is 18.1 Å². The number of oxazole rings is 1. The zero-order valence-corrected chi connectivity index (χ0v) is 14.6. The molecule has 2 aromatic rings. The molecule has 1 amide bonds. The van der Waals surface area contributed by atoms with E-state index in [2.05, 4.69) is 10.3 Å². The lowest BCUT2D eigenvalue weighted by molar-refractivity contribution is -0.127. The first-order valence-electron chi connectivity index (χ1n) is 8.12. The standard InChI is InChI=1S/C17H22ClN3O3/c1-17(2,10-22)20-15(23)11-4-3-7-21(9-11)16-19-13-8-12(18)5-6-14(13)24-16/h5-6,8,11,22H,3-4,7,9-10H2,1-2H3,(H,20,23). The third-order valence-electron chi connectivity index (χ3n) is 4.26. The number of benzene rings is 1. The molecule has 0 saturated carbocycles. The number of hydrogen-bond donors (Lipinski definition) is 2. The molecule has 1 saturated heterocycles. The van der Waals surface area contributed by atoms with Gasteiger partial charge in [-0.2, -0.15) is 4.98 Å². The first-order valence-corrected chi connectivity index (χ1v) is 8.50. The van der Waals surface area contributed by atoms with E-state index >= 15 is 0 Å². The van der Waals surface area contributed by atoms with Gasteiger partial charge in [0.15, 0.2) is 5.58 Å². The summed E-state index contributed by atoms with van der Waals surface area (Å²) in [6.45, 7) is 4.86. The van der Waals surface area contributed by atoms with E-state index in [0.717, 1.165) is 19.4 Å². The van der Waals surface area contributed by atoms with E-state index in [1.807, 2.05) is 4.90 Å². The second-order valence-electron chi connectivity index (χ2n) is 6.92. The molecule has 3 rings (SSSR count). The number of aromatic nitrogens is 1. The quantitative estimate of drug-likeness (QED) is 0.885. The number of halogens is 1. The fourth-order valence-corrected chi connectivity index (χ4v) is 3.03. The van der Waals surface area contributed by atoms with Crippen LogP contribution < -0.4 is 10.2 Å². The molecule has 1 unspecified atom stereocenters. The molecule has 0 radical (unpaired) electrons. The SMILES string of the molecule is CC(C)(CO)NC(=O)C1CCCN(c2nc3cc(Cl)ccc3o2)C1. The molecule has 1 aromatic heterocycles. The van der Waals surface area contributed by atoms with Crippen LogP contribution >= 0.6 is 11.6 Å². The summed E-state index contributed by atoms with van der Waals surface area (Å²) in [5.74, 6) is -0.193. The van der Waals surface area contributed by atoms with Crippen LogP contribution in [0.25, 0.3) is 11.1 Å². The van der Waals surface area contributed by atoms with Crippen molar-refractivity contribution in [3.05, 3.63) is 23.2 Å². The van der Waals surface area contributed by atoms with Crippen LogP contribution in [0.1, 0.15) is 26.7 Å². The van der Waals surface area contributed by atoms with E-state index in [4.69, 9.17) is 16.0 Å². The molecule has 7 heteroatoms. The van der Waals surface area contributed by atoms with Crippen LogP contribution in [-0.4, -0.2) is 41.2 Å². The topological polar surface area (TPSA) is 78.6 Å². The molecule has 1 fully saturated rings. The van der Waals surface area contributed by atoms with Crippen molar-refractivity contribution in [2.75, 3.05) is 24.6 Å². The maximum Gasteiger partial charge on any atom is 0.298 e. The van der Waals surface area contributed by atoms with Gasteiger partial charge < -0.3 is 19.7 Å². The number of piperidine rings is 1. The molecule has 6 nitrogen and oxygen atoms in total. The Morgan fingerprint density at radius 2 is 2.33 bits per heavy atom. The highest BCUT2D eigenvalue weighted by Gasteiger charge is 2.31. The molecule has 1 aliphatic heterocycles. The monoisotopic (exact) mass is 351 g/mol. The number of carbonyl (C=O) groups is 1. The Morgan fingerprint density at radius 1 is 1.54 bits per heavy atom. The van der Waals surface area contributed by atoms with Crippen molar-refractivity contribution in [3.8, 4) is 0 Å². The van der Waals surface area contributed by atoms with Crippen molar-refractivity contribution in [1.29, 1.82) is 0 Å². The van der Waals surface area contributed by atoms with Gasteiger partial charge in [0.1, 0.15) is 5.52 Å². The molecule has 2 N–H and O–H groups in total. The molecule has 1 aliphatic rings. The summed E-state index contributed by atoms with van der Waals surface area (Å²) in [6, 6.07) is 5.85. The third kappa shape index (κ3) is 3.65. The summed E-state index contributed by atoms with van der Waals surface area (Å²) in [7, 11) is 0. The number of amides is 1. The van der Waals surface area contributed by atoms with Crippen molar-refractivity contribution >= 4 is 34.6 Å².